The van der Waals surface area contributed by atoms with Gasteiger partial charge in [0.2, 0.25) is 0 Å². The monoisotopic (exact) mass is 228 g/mol. The Labute approximate surface area is 85.9 Å². The molecule has 15 heavy (non-hydrogen) atoms. The lowest BCUT2D eigenvalue weighted by Gasteiger charge is -2.12. The summed E-state index contributed by atoms with van der Waals surface area (Å²) in [6, 6.07) is -0.821. The zero-order valence-corrected chi connectivity index (χ0v) is 8.43. The molecule has 0 heterocycles. The summed E-state index contributed by atoms with van der Waals surface area (Å²) in [5.41, 5.74) is 7.04. The Bertz CT molecular complexity index is 197. The summed E-state index contributed by atoms with van der Waals surface area (Å²) in [7, 11) is 0. The predicted octanol–water partition coefficient (Wildman–Crippen LogP) is 1.11. The summed E-state index contributed by atoms with van der Waals surface area (Å²) in [6.07, 6.45) is -2.42. The minimum Gasteiger partial charge on any atom is -0.320 e. The topological polar surface area (TPSA) is 64.4 Å². The number of unbranched alkanes of at least 4 members (excludes halogenated alkanes) is 1. The van der Waals surface area contributed by atoms with Gasteiger partial charge in [0.1, 0.15) is 0 Å². The first-order valence-electron chi connectivity index (χ1n) is 4.60. The fourth-order valence-electron chi connectivity index (χ4n) is 0.820. The lowest BCUT2D eigenvalue weighted by Crippen LogP contribution is -2.41. The number of halogens is 3. The van der Waals surface area contributed by atoms with E-state index in [1.54, 1.807) is 5.48 Å². The number of carbonyl (C=O) groups is 1. The molecule has 0 aliphatic heterocycles. The molecule has 0 aromatic heterocycles. The van der Waals surface area contributed by atoms with Crippen molar-refractivity contribution in [1.29, 1.82) is 0 Å². The Hall–Kier alpha value is -0.820. The Morgan fingerprint density at radius 3 is 2.60 bits per heavy atom. The third kappa shape index (κ3) is 8.19. The molecule has 1 unspecified atom stereocenters. The van der Waals surface area contributed by atoms with E-state index in [2.05, 4.69) is 4.84 Å². The van der Waals surface area contributed by atoms with E-state index >= 15 is 0 Å². The van der Waals surface area contributed by atoms with Crippen LogP contribution in [-0.2, 0) is 9.63 Å². The van der Waals surface area contributed by atoms with E-state index in [1.165, 1.54) is 0 Å². The van der Waals surface area contributed by atoms with Gasteiger partial charge in [-0.05, 0) is 6.42 Å². The molecule has 0 aliphatic carbocycles. The van der Waals surface area contributed by atoms with E-state index in [-0.39, 0.29) is 0 Å². The van der Waals surface area contributed by atoms with Crippen molar-refractivity contribution < 1.29 is 22.8 Å². The number of nitrogens with one attached hydrogen (secondary N) is 1. The first-order valence-corrected chi connectivity index (χ1v) is 4.60. The number of nitrogens with two attached hydrogens (primary N) is 1. The van der Waals surface area contributed by atoms with Gasteiger partial charge in [-0.15, -0.1) is 0 Å². The fraction of sp³-hybridized carbons (Fsp3) is 0.875. The van der Waals surface area contributed by atoms with Gasteiger partial charge in [-0.25, -0.2) is 5.48 Å². The van der Waals surface area contributed by atoms with Crippen LogP contribution in [0.25, 0.3) is 0 Å². The molecule has 0 spiro atoms. The zero-order chi connectivity index (χ0) is 11.9. The third-order valence-electron chi connectivity index (χ3n) is 1.61. The van der Waals surface area contributed by atoms with Crippen molar-refractivity contribution in [2.75, 3.05) is 6.61 Å². The number of rotatable bonds is 6. The minimum atomic E-state index is -4.46. The maximum Gasteiger partial charge on any atom is 0.414 e. The molecule has 1 atom stereocenters. The van der Waals surface area contributed by atoms with Crippen molar-refractivity contribution >= 4 is 5.91 Å². The Balaban J connectivity index is 3.64. The van der Waals surface area contributed by atoms with Gasteiger partial charge in [0.05, 0.1) is 6.04 Å². The SMILES string of the molecule is CCCCC(N)C(=O)NOCC(F)(F)F. The number of alkyl halides is 3. The molecule has 4 nitrogen and oxygen atoms in total. The van der Waals surface area contributed by atoms with Gasteiger partial charge in [0.25, 0.3) is 5.91 Å². The number of hydrogen-bond donors (Lipinski definition) is 2. The fourth-order valence-corrected chi connectivity index (χ4v) is 0.820. The summed E-state index contributed by atoms with van der Waals surface area (Å²) in [4.78, 5) is 15.0. The Morgan fingerprint density at radius 1 is 1.53 bits per heavy atom. The molecule has 0 rings (SSSR count). The molecule has 1 amide bonds. The van der Waals surface area contributed by atoms with Gasteiger partial charge >= 0.3 is 6.18 Å². The highest BCUT2D eigenvalue weighted by molar-refractivity contribution is 5.80. The van der Waals surface area contributed by atoms with Crippen LogP contribution in [0.4, 0.5) is 13.2 Å². The second-order valence-electron chi connectivity index (χ2n) is 3.12. The third-order valence-corrected chi connectivity index (χ3v) is 1.61. The molecule has 0 aromatic rings. The van der Waals surface area contributed by atoms with Crippen LogP contribution in [0, 0.1) is 0 Å². The normalized spacial score (nSPS) is 13.7. The van der Waals surface area contributed by atoms with E-state index in [0.717, 1.165) is 12.8 Å². The molecule has 0 fully saturated rings. The number of hydroxylamine groups is 1. The molecule has 3 N–H and O–H groups in total. The van der Waals surface area contributed by atoms with E-state index in [1.807, 2.05) is 6.92 Å². The Morgan fingerprint density at radius 2 is 2.13 bits per heavy atom. The molecule has 0 radical (unpaired) electrons. The molecule has 0 saturated heterocycles. The largest absolute Gasteiger partial charge is 0.414 e. The van der Waals surface area contributed by atoms with E-state index in [9.17, 15) is 18.0 Å². The van der Waals surface area contributed by atoms with Crippen LogP contribution >= 0.6 is 0 Å². The van der Waals surface area contributed by atoms with Crippen molar-refractivity contribution in [1.82, 2.24) is 5.48 Å². The highest BCUT2D eigenvalue weighted by atomic mass is 19.4. The van der Waals surface area contributed by atoms with Crippen LogP contribution in [-0.4, -0.2) is 24.7 Å². The second-order valence-corrected chi connectivity index (χ2v) is 3.12. The summed E-state index contributed by atoms with van der Waals surface area (Å²) < 4.78 is 34.8. The maximum absolute atomic E-state index is 11.6. The first kappa shape index (κ1) is 14.2. The molecule has 0 bridgehead atoms. The van der Waals surface area contributed by atoms with Crippen LogP contribution in [0.15, 0.2) is 0 Å². The van der Waals surface area contributed by atoms with Crippen LogP contribution in [0.5, 0.6) is 0 Å². The zero-order valence-electron chi connectivity index (χ0n) is 8.43. The average Bonchev–Trinajstić information content (AvgIpc) is 2.11. The first-order chi connectivity index (χ1) is 6.87. The molecule has 0 aliphatic rings. The van der Waals surface area contributed by atoms with Gasteiger partial charge in [-0.2, -0.15) is 13.2 Å². The summed E-state index contributed by atoms with van der Waals surface area (Å²) >= 11 is 0. The van der Waals surface area contributed by atoms with Crippen molar-refractivity contribution in [3.63, 3.8) is 0 Å². The Kier molecular flexibility index (Phi) is 6.26. The van der Waals surface area contributed by atoms with Crippen LogP contribution < -0.4 is 11.2 Å². The molecule has 0 saturated carbocycles. The minimum absolute atomic E-state index is 0.428. The van der Waals surface area contributed by atoms with Gasteiger partial charge in [-0.1, -0.05) is 19.8 Å². The van der Waals surface area contributed by atoms with E-state index in [0.29, 0.717) is 6.42 Å². The van der Waals surface area contributed by atoms with Crippen molar-refractivity contribution in [2.45, 2.75) is 38.4 Å². The van der Waals surface area contributed by atoms with Gasteiger partial charge in [-0.3, -0.25) is 9.63 Å². The van der Waals surface area contributed by atoms with E-state index < -0.39 is 24.7 Å². The van der Waals surface area contributed by atoms with Gasteiger partial charge in [0, 0.05) is 0 Å². The maximum atomic E-state index is 11.6. The van der Waals surface area contributed by atoms with Crippen molar-refractivity contribution in [3.05, 3.63) is 0 Å². The van der Waals surface area contributed by atoms with Crippen LogP contribution in [0.1, 0.15) is 26.2 Å². The van der Waals surface area contributed by atoms with Gasteiger partial charge in [0.15, 0.2) is 6.61 Å². The van der Waals surface area contributed by atoms with Crippen molar-refractivity contribution in [3.8, 4) is 0 Å². The van der Waals surface area contributed by atoms with Crippen LogP contribution in [0.2, 0.25) is 0 Å². The molecule has 0 aromatic carbocycles. The lowest BCUT2D eigenvalue weighted by molar-refractivity contribution is -0.192. The molecule has 90 valence electrons. The number of amides is 1. The van der Waals surface area contributed by atoms with E-state index in [4.69, 9.17) is 5.73 Å². The van der Waals surface area contributed by atoms with Crippen molar-refractivity contribution in [2.24, 2.45) is 5.73 Å². The summed E-state index contributed by atoms with van der Waals surface area (Å²) in [5.74, 6) is -0.729. The van der Waals surface area contributed by atoms with Crippen LogP contribution in [0.3, 0.4) is 0 Å². The predicted molar refractivity (Wildman–Crippen MR) is 47.7 cm³/mol. The second kappa shape index (κ2) is 6.62. The number of hydrogen-bond acceptors (Lipinski definition) is 3. The highest BCUT2D eigenvalue weighted by Crippen LogP contribution is 2.13. The molecular weight excluding hydrogens is 213 g/mol. The average molecular weight is 228 g/mol. The summed E-state index contributed by atoms with van der Waals surface area (Å²) in [5, 5.41) is 0. The summed E-state index contributed by atoms with van der Waals surface area (Å²) in [6.45, 7) is 0.407. The lowest BCUT2D eigenvalue weighted by atomic mass is 10.1. The molecule has 7 heteroatoms. The highest BCUT2D eigenvalue weighted by Gasteiger charge is 2.28. The number of carbonyl (C=O) groups excluding carboxylic acids is 1. The standard InChI is InChI=1S/C8H15F3N2O2/c1-2-3-4-6(12)7(14)13-15-5-8(9,10)11/h6H,2-5,12H2,1H3,(H,13,14). The molecular formula is C8H15F3N2O2. The smallest absolute Gasteiger partial charge is 0.320 e. The van der Waals surface area contributed by atoms with Gasteiger partial charge < -0.3 is 5.73 Å². The quantitative estimate of drug-likeness (QED) is 0.669.